The van der Waals surface area contributed by atoms with E-state index in [1.165, 1.54) is 10.8 Å². The Labute approximate surface area is 191 Å². The molecule has 0 aliphatic carbocycles. The predicted molar refractivity (Wildman–Crippen MR) is 130 cm³/mol. The number of nitrogens with one attached hydrogen (secondary N) is 1. The number of hydrogen-bond donors (Lipinski definition) is 1. The highest BCUT2D eigenvalue weighted by molar-refractivity contribution is 6.09. The van der Waals surface area contributed by atoms with E-state index in [1.807, 2.05) is 91.0 Å². The Kier molecular flexibility index (Phi) is 6.05. The van der Waals surface area contributed by atoms with Crippen LogP contribution in [0.2, 0.25) is 0 Å². The summed E-state index contributed by atoms with van der Waals surface area (Å²) in [6.45, 7) is 1.74. The molecule has 4 rings (SSSR count). The number of aromatic nitrogens is 2. The van der Waals surface area contributed by atoms with Gasteiger partial charge in [0.15, 0.2) is 0 Å². The average Bonchev–Trinajstić information content (AvgIpc) is 3.06. The predicted octanol–water partition coefficient (Wildman–Crippen LogP) is 4.70. The van der Waals surface area contributed by atoms with Crippen molar-refractivity contribution in [1.29, 1.82) is 5.26 Å². The molecule has 0 fully saturated rings. The standard InChI is InChI=1S/C27H22N4O2/c1-19-25(27(33)31(30(19)2)24-11-7-4-8-12-24)29-26(32)23(18-28)17-20-13-15-22(16-14-20)21-9-5-3-6-10-21/h3-17H,1-2H3,(H,29,32). The van der Waals surface area contributed by atoms with Gasteiger partial charge in [0.1, 0.15) is 17.3 Å². The molecule has 4 aromatic rings. The van der Waals surface area contributed by atoms with Crippen LogP contribution in [0.3, 0.4) is 0 Å². The Hall–Kier alpha value is -4.63. The maximum Gasteiger partial charge on any atom is 0.295 e. The van der Waals surface area contributed by atoms with Gasteiger partial charge in [0.25, 0.3) is 11.5 Å². The minimum absolute atomic E-state index is 0.0867. The lowest BCUT2D eigenvalue weighted by Gasteiger charge is -2.07. The normalized spacial score (nSPS) is 11.1. The van der Waals surface area contributed by atoms with E-state index in [0.717, 1.165) is 11.1 Å². The van der Waals surface area contributed by atoms with Crippen LogP contribution in [-0.4, -0.2) is 15.3 Å². The van der Waals surface area contributed by atoms with Gasteiger partial charge in [-0.15, -0.1) is 0 Å². The Morgan fingerprint density at radius 2 is 1.48 bits per heavy atom. The van der Waals surface area contributed by atoms with Crippen molar-refractivity contribution in [2.45, 2.75) is 6.92 Å². The number of nitrogens with zero attached hydrogens (tertiary/aromatic N) is 3. The van der Waals surface area contributed by atoms with Gasteiger partial charge in [-0.2, -0.15) is 5.26 Å². The van der Waals surface area contributed by atoms with Crippen molar-refractivity contribution < 1.29 is 4.79 Å². The summed E-state index contributed by atoms with van der Waals surface area (Å²) in [6.07, 6.45) is 1.51. The van der Waals surface area contributed by atoms with Gasteiger partial charge in [-0.05, 0) is 41.8 Å². The number of para-hydroxylation sites is 1. The van der Waals surface area contributed by atoms with E-state index in [9.17, 15) is 14.9 Å². The number of carbonyl (C=O) groups is 1. The summed E-state index contributed by atoms with van der Waals surface area (Å²) in [7, 11) is 1.74. The molecule has 33 heavy (non-hydrogen) atoms. The Bertz CT molecular complexity index is 1420. The zero-order valence-electron chi connectivity index (χ0n) is 18.3. The van der Waals surface area contributed by atoms with Crippen molar-refractivity contribution >= 4 is 17.7 Å². The lowest BCUT2D eigenvalue weighted by atomic mass is 10.0. The zero-order valence-corrected chi connectivity index (χ0v) is 18.3. The smallest absolute Gasteiger partial charge is 0.295 e. The number of hydrogen-bond acceptors (Lipinski definition) is 3. The van der Waals surface area contributed by atoms with Crippen LogP contribution in [-0.2, 0) is 11.8 Å². The molecule has 0 spiro atoms. The summed E-state index contributed by atoms with van der Waals surface area (Å²) in [6, 6.07) is 28.6. The molecule has 1 heterocycles. The minimum atomic E-state index is -0.629. The molecular weight excluding hydrogens is 412 g/mol. The fraction of sp³-hybridized carbons (Fsp3) is 0.0741. The molecule has 6 nitrogen and oxygen atoms in total. The van der Waals surface area contributed by atoms with Crippen LogP contribution in [0.15, 0.2) is 95.3 Å². The number of amides is 1. The molecule has 0 aliphatic heterocycles. The first-order chi connectivity index (χ1) is 16.0. The fourth-order valence-corrected chi connectivity index (χ4v) is 3.61. The molecule has 6 heteroatoms. The van der Waals surface area contributed by atoms with E-state index >= 15 is 0 Å². The highest BCUT2D eigenvalue weighted by atomic mass is 16.2. The lowest BCUT2D eigenvalue weighted by molar-refractivity contribution is -0.112. The third-order valence-electron chi connectivity index (χ3n) is 5.49. The molecule has 3 aromatic carbocycles. The SMILES string of the molecule is Cc1c(NC(=O)C(C#N)=Cc2ccc(-c3ccccc3)cc2)c(=O)n(-c2ccccc2)n1C. The van der Waals surface area contributed by atoms with E-state index in [-0.39, 0.29) is 16.8 Å². The number of rotatable bonds is 5. The Balaban J connectivity index is 1.60. The molecular formula is C27H22N4O2. The maximum absolute atomic E-state index is 13.0. The highest BCUT2D eigenvalue weighted by Gasteiger charge is 2.19. The lowest BCUT2D eigenvalue weighted by Crippen LogP contribution is -2.23. The van der Waals surface area contributed by atoms with Crippen LogP contribution in [0, 0.1) is 18.3 Å². The molecule has 0 aliphatic rings. The molecule has 1 aromatic heterocycles. The highest BCUT2D eigenvalue weighted by Crippen LogP contribution is 2.21. The van der Waals surface area contributed by atoms with Crippen molar-refractivity contribution in [2.75, 3.05) is 5.32 Å². The maximum atomic E-state index is 13.0. The van der Waals surface area contributed by atoms with Crippen LogP contribution >= 0.6 is 0 Å². The van der Waals surface area contributed by atoms with Gasteiger partial charge in [-0.3, -0.25) is 14.3 Å². The van der Waals surface area contributed by atoms with Crippen molar-refractivity contribution in [3.05, 3.63) is 112 Å². The first kappa shape index (κ1) is 21.6. The largest absolute Gasteiger partial charge is 0.315 e. The summed E-state index contributed by atoms with van der Waals surface area (Å²) < 4.78 is 3.15. The number of carbonyl (C=O) groups excluding carboxylic acids is 1. The molecule has 0 atom stereocenters. The summed E-state index contributed by atoms with van der Waals surface area (Å²) in [5, 5.41) is 12.2. The molecule has 0 saturated carbocycles. The van der Waals surface area contributed by atoms with Gasteiger partial charge in [0.05, 0.1) is 11.4 Å². The average molecular weight is 434 g/mol. The van der Waals surface area contributed by atoms with Gasteiger partial charge >= 0.3 is 0 Å². The van der Waals surface area contributed by atoms with Crippen LogP contribution < -0.4 is 10.9 Å². The molecule has 0 unspecified atom stereocenters. The summed E-state index contributed by atoms with van der Waals surface area (Å²) >= 11 is 0. The quantitative estimate of drug-likeness (QED) is 0.365. The summed E-state index contributed by atoms with van der Waals surface area (Å²) in [5.41, 5.74) is 3.80. The van der Waals surface area contributed by atoms with Crippen molar-refractivity contribution in [1.82, 2.24) is 9.36 Å². The van der Waals surface area contributed by atoms with E-state index in [4.69, 9.17) is 0 Å². The van der Waals surface area contributed by atoms with Crippen molar-refractivity contribution in [3.63, 3.8) is 0 Å². The third kappa shape index (κ3) is 4.39. The van der Waals surface area contributed by atoms with Gasteiger partial charge in [-0.1, -0.05) is 72.8 Å². The molecule has 0 saturated heterocycles. The Morgan fingerprint density at radius 3 is 2.09 bits per heavy atom. The van der Waals surface area contributed by atoms with Crippen molar-refractivity contribution in [2.24, 2.45) is 7.05 Å². The first-order valence-corrected chi connectivity index (χ1v) is 10.4. The second-order valence-corrected chi connectivity index (χ2v) is 7.55. The first-order valence-electron chi connectivity index (χ1n) is 10.4. The van der Waals surface area contributed by atoms with Gasteiger partial charge in [0.2, 0.25) is 0 Å². The zero-order chi connectivity index (χ0) is 23.4. The molecule has 1 N–H and O–H groups in total. The minimum Gasteiger partial charge on any atom is -0.315 e. The molecule has 0 radical (unpaired) electrons. The second-order valence-electron chi connectivity index (χ2n) is 7.55. The van der Waals surface area contributed by atoms with E-state index < -0.39 is 5.91 Å². The van der Waals surface area contributed by atoms with Gasteiger partial charge in [-0.25, -0.2) is 4.68 Å². The topological polar surface area (TPSA) is 79.8 Å². The van der Waals surface area contributed by atoms with Crippen molar-refractivity contribution in [3.8, 4) is 22.9 Å². The summed E-state index contributed by atoms with van der Waals surface area (Å²) in [5.74, 6) is -0.629. The summed E-state index contributed by atoms with van der Waals surface area (Å²) in [4.78, 5) is 25.9. The van der Waals surface area contributed by atoms with Crippen LogP contribution in [0.4, 0.5) is 5.69 Å². The second kappa shape index (κ2) is 9.25. The van der Waals surface area contributed by atoms with E-state index in [2.05, 4.69) is 5.32 Å². The van der Waals surface area contributed by atoms with E-state index in [0.29, 0.717) is 16.9 Å². The van der Waals surface area contributed by atoms with Gasteiger partial charge in [0, 0.05) is 7.05 Å². The third-order valence-corrected chi connectivity index (χ3v) is 5.49. The van der Waals surface area contributed by atoms with Crippen LogP contribution in [0.25, 0.3) is 22.9 Å². The number of benzene rings is 3. The molecule has 0 bridgehead atoms. The van der Waals surface area contributed by atoms with Crippen LogP contribution in [0.5, 0.6) is 0 Å². The molecule has 162 valence electrons. The Morgan fingerprint density at radius 1 is 0.909 bits per heavy atom. The number of anilines is 1. The van der Waals surface area contributed by atoms with Gasteiger partial charge < -0.3 is 5.32 Å². The fourth-order valence-electron chi connectivity index (χ4n) is 3.61. The number of nitriles is 1. The van der Waals surface area contributed by atoms with Crippen LogP contribution in [0.1, 0.15) is 11.3 Å². The van der Waals surface area contributed by atoms with E-state index in [1.54, 1.807) is 18.7 Å². The molecule has 1 amide bonds. The monoisotopic (exact) mass is 434 g/mol.